The lowest BCUT2D eigenvalue weighted by atomic mass is 9.96. The average Bonchev–Trinajstić information content (AvgIpc) is 3.25. The molecule has 11 heteroatoms. The number of hydrogen-bond donors (Lipinski definition) is 2. The molecule has 0 spiro atoms. The molecule has 1 aliphatic heterocycles. The van der Waals surface area contributed by atoms with Crippen molar-refractivity contribution in [2.24, 2.45) is 5.92 Å². The molecule has 1 unspecified atom stereocenters. The first-order valence-electron chi connectivity index (χ1n) is 8.97. The number of benzene rings is 1. The van der Waals surface area contributed by atoms with Gasteiger partial charge in [0, 0.05) is 30.2 Å². The van der Waals surface area contributed by atoms with Gasteiger partial charge in [-0.15, -0.1) is 11.3 Å². The van der Waals surface area contributed by atoms with Gasteiger partial charge in [-0.3, -0.25) is 9.59 Å². The fraction of sp³-hybridized carbons (Fsp3) is 0.389. The third kappa shape index (κ3) is 4.74. The molecule has 3 rings (SSSR count). The Morgan fingerprint density at radius 3 is 2.79 bits per heavy atom. The lowest BCUT2D eigenvalue weighted by Crippen LogP contribution is -2.43. The Kier molecular flexibility index (Phi) is 6.50. The molecule has 2 N–H and O–H groups in total. The number of methoxy groups -OCH3 is 1. The van der Waals surface area contributed by atoms with E-state index in [1.54, 1.807) is 16.5 Å². The largest absolute Gasteiger partial charge is 0.495 e. The lowest BCUT2D eigenvalue weighted by Gasteiger charge is -2.32. The van der Waals surface area contributed by atoms with E-state index >= 15 is 0 Å². The third-order valence-corrected chi connectivity index (χ3v) is 6.83. The van der Waals surface area contributed by atoms with Crippen molar-refractivity contribution in [2.45, 2.75) is 17.7 Å². The number of rotatable bonds is 6. The van der Waals surface area contributed by atoms with Crippen LogP contribution in [-0.4, -0.2) is 57.4 Å². The molecule has 1 aliphatic rings. The van der Waals surface area contributed by atoms with Crippen molar-refractivity contribution in [1.29, 1.82) is 0 Å². The molecule has 9 nitrogen and oxygen atoms in total. The minimum atomic E-state index is -3.80. The number of carbonyl (C=O) groups excluding carboxylic acids is 2. The topological polar surface area (TPSA) is 118 Å². The van der Waals surface area contributed by atoms with Gasteiger partial charge in [0.05, 0.1) is 13.0 Å². The highest BCUT2D eigenvalue weighted by Gasteiger charge is 2.30. The Bertz CT molecular complexity index is 992. The summed E-state index contributed by atoms with van der Waals surface area (Å²) in [6.07, 6.45) is 2.96. The quantitative estimate of drug-likeness (QED) is 0.707. The zero-order valence-corrected chi connectivity index (χ0v) is 17.7. The summed E-state index contributed by atoms with van der Waals surface area (Å²) in [6.45, 7) is 0.760. The second-order valence-electron chi connectivity index (χ2n) is 6.49. The first-order valence-corrected chi connectivity index (χ1v) is 11.3. The van der Waals surface area contributed by atoms with Gasteiger partial charge in [-0.05, 0) is 38.1 Å². The minimum Gasteiger partial charge on any atom is -0.495 e. The summed E-state index contributed by atoms with van der Waals surface area (Å²) in [5.41, 5.74) is 0.223. The Morgan fingerprint density at radius 1 is 1.34 bits per heavy atom. The number of anilines is 1. The highest BCUT2D eigenvalue weighted by molar-refractivity contribution is 7.89. The smallest absolute Gasteiger partial charge is 0.253 e. The highest BCUT2D eigenvalue weighted by atomic mass is 32.2. The molecule has 1 atom stereocenters. The molecule has 2 heterocycles. The van der Waals surface area contributed by atoms with Gasteiger partial charge in [0.15, 0.2) is 5.13 Å². The van der Waals surface area contributed by atoms with E-state index in [4.69, 9.17) is 4.74 Å². The normalized spacial score (nSPS) is 17.0. The number of aromatic nitrogens is 1. The van der Waals surface area contributed by atoms with Crippen LogP contribution >= 0.6 is 11.3 Å². The van der Waals surface area contributed by atoms with Gasteiger partial charge >= 0.3 is 0 Å². The molecule has 2 amide bonds. The van der Waals surface area contributed by atoms with Gasteiger partial charge in [-0.1, -0.05) is 0 Å². The molecule has 0 aliphatic carbocycles. The number of nitrogens with one attached hydrogen (secondary N) is 2. The number of nitrogens with zero attached hydrogens (tertiary/aromatic N) is 2. The minimum absolute atomic E-state index is 0.108. The Hall–Kier alpha value is -2.50. The molecular weight excluding hydrogens is 416 g/mol. The number of sulfonamides is 1. The van der Waals surface area contributed by atoms with Crippen LogP contribution in [0.25, 0.3) is 0 Å². The summed E-state index contributed by atoms with van der Waals surface area (Å²) in [5.74, 6) is -0.705. The van der Waals surface area contributed by atoms with E-state index in [1.165, 1.54) is 43.7 Å². The third-order valence-electron chi connectivity index (χ3n) is 4.71. The molecule has 156 valence electrons. The summed E-state index contributed by atoms with van der Waals surface area (Å²) in [7, 11) is -1.14. The van der Waals surface area contributed by atoms with Gasteiger partial charge < -0.3 is 15.0 Å². The molecule has 1 aromatic heterocycles. The summed E-state index contributed by atoms with van der Waals surface area (Å²) < 4.78 is 31.8. The first kappa shape index (κ1) is 21.2. The maximum absolute atomic E-state index is 13.0. The SMILES string of the molecule is CNS(=O)(=O)c1cc(C(=O)N2CCCC(C(=O)Nc3nccs3)C2)ccc1OC. The Balaban J connectivity index is 1.77. The fourth-order valence-electron chi connectivity index (χ4n) is 3.18. The van der Waals surface area contributed by atoms with Gasteiger partial charge in [-0.2, -0.15) is 0 Å². The maximum atomic E-state index is 13.0. The predicted octanol–water partition coefficient (Wildman–Crippen LogP) is 1.55. The molecule has 2 aromatic rings. The summed E-state index contributed by atoms with van der Waals surface area (Å²) in [5, 5.41) is 5.06. The van der Waals surface area contributed by atoms with Crippen LogP contribution in [-0.2, 0) is 14.8 Å². The van der Waals surface area contributed by atoms with Crippen molar-refractivity contribution in [1.82, 2.24) is 14.6 Å². The zero-order valence-electron chi connectivity index (χ0n) is 16.0. The van der Waals surface area contributed by atoms with Gasteiger partial charge in [-0.25, -0.2) is 18.1 Å². The van der Waals surface area contributed by atoms with Crippen molar-refractivity contribution < 1.29 is 22.7 Å². The van der Waals surface area contributed by atoms with Crippen molar-refractivity contribution in [3.63, 3.8) is 0 Å². The average molecular weight is 439 g/mol. The van der Waals surface area contributed by atoms with Crippen molar-refractivity contribution in [3.8, 4) is 5.75 Å². The number of ether oxygens (including phenoxy) is 1. The Labute approximate surface area is 173 Å². The van der Waals surface area contributed by atoms with Crippen molar-refractivity contribution in [3.05, 3.63) is 35.3 Å². The van der Waals surface area contributed by atoms with Crippen LogP contribution in [0.3, 0.4) is 0 Å². The van der Waals surface area contributed by atoms with Gasteiger partial charge in [0.25, 0.3) is 5.91 Å². The second kappa shape index (κ2) is 8.89. The zero-order chi connectivity index (χ0) is 21.0. The maximum Gasteiger partial charge on any atom is 0.253 e. The van der Waals surface area contributed by atoms with E-state index in [0.717, 1.165) is 0 Å². The van der Waals surface area contributed by atoms with Gasteiger partial charge in [0.1, 0.15) is 10.6 Å². The van der Waals surface area contributed by atoms with Crippen LogP contribution in [0.2, 0.25) is 0 Å². The molecule has 1 aromatic carbocycles. The number of piperidine rings is 1. The molecule has 0 saturated carbocycles. The van der Waals surface area contributed by atoms with E-state index in [1.807, 2.05) is 0 Å². The number of thiazole rings is 1. The van der Waals surface area contributed by atoms with Crippen LogP contribution in [0.15, 0.2) is 34.7 Å². The fourth-order valence-corrected chi connectivity index (χ4v) is 4.63. The summed E-state index contributed by atoms with van der Waals surface area (Å²) >= 11 is 1.33. The second-order valence-corrected chi connectivity index (χ2v) is 9.24. The van der Waals surface area contributed by atoms with Crippen LogP contribution in [0.5, 0.6) is 5.75 Å². The number of carbonyl (C=O) groups is 2. The predicted molar refractivity (Wildman–Crippen MR) is 109 cm³/mol. The monoisotopic (exact) mass is 438 g/mol. The van der Waals surface area contributed by atoms with Crippen LogP contribution < -0.4 is 14.8 Å². The van der Waals surface area contributed by atoms with E-state index in [0.29, 0.717) is 24.5 Å². The number of amides is 2. The molecule has 1 fully saturated rings. The first-order chi connectivity index (χ1) is 13.9. The number of hydrogen-bond acceptors (Lipinski definition) is 7. The van der Waals surface area contributed by atoms with Crippen LogP contribution in [0.4, 0.5) is 5.13 Å². The standard InChI is InChI=1S/C18H22N4O5S2/c1-19-29(25,26)15-10-12(5-6-14(15)27-2)17(24)22-8-3-4-13(11-22)16(23)21-18-20-7-9-28-18/h5-7,9-10,13,19H,3-4,8,11H2,1-2H3,(H,20,21,23). The van der Waals surface area contributed by atoms with Crippen molar-refractivity contribution in [2.75, 3.05) is 32.6 Å². The number of likely N-dealkylation sites (tertiary alicyclic amines) is 1. The Morgan fingerprint density at radius 2 is 2.14 bits per heavy atom. The summed E-state index contributed by atoms with van der Waals surface area (Å²) in [6, 6.07) is 4.27. The van der Waals surface area contributed by atoms with E-state index in [-0.39, 0.29) is 40.5 Å². The van der Waals surface area contributed by atoms with E-state index in [2.05, 4.69) is 15.0 Å². The molecule has 0 radical (unpaired) electrons. The van der Waals surface area contributed by atoms with Crippen LogP contribution in [0.1, 0.15) is 23.2 Å². The molecule has 1 saturated heterocycles. The molecule has 29 heavy (non-hydrogen) atoms. The van der Waals surface area contributed by atoms with E-state index in [9.17, 15) is 18.0 Å². The molecular formula is C18H22N4O5S2. The highest BCUT2D eigenvalue weighted by Crippen LogP contribution is 2.27. The van der Waals surface area contributed by atoms with Gasteiger partial charge in [0.2, 0.25) is 15.9 Å². The van der Waals surface area contributed by atoms with E-state index < -0.39 is 10.0 Å². The summed E-state index contributed by atoms with van der Waals surface area (Å²) in [4.78, 5) is 31.0. The van der Waals surface area contributed by atoms with Crippen molar-refractivity contribution >= 4 is 38.3 Å². The van der Waals surface area contributed by atoms with Crippen LogP contribution in [0, 0.1) is 5.92 Å². The molecule has 0 bridgehead atoms. The lowest BCUT2D eigenvalue weighted by molar-refractivity contribution is -0.121.